The molecule has 0 saturated carbocycles. The minimum atomic E-state index is -0.0234. The van der Waals surface area contributed by atoms with Gasteiger partial charge in [0, 0.05) is 26.7 Å². The maximum Gasteiger partial charge on any atom is 0.260 e. The highest BCUT2D eigenvalue weighted by atomic mass is 16.5. The molecule has 1 amide bonds. The second-order valence-corrected chi connectivity index (χ2v) is 4.76. The highest BCUT2D eigenvalue weighted by Crippen LogP contribution is 2.11. The number of ether oxygens (including phenoxy) is 1. The molecular formula is C14H23N3O2. The van der Waals surface area contributed by atoms with Crippen LogP contribution in [0.15, 0.2) is 24.3 Å². The number of carbonyl (C=O) groups is 1. The van der Waals surface area contributed by atoms with Crippen molar-refractivity contribution in [3.05, 3.63) is 29.8 Å². The van der Waals surface area contributed by atoms with Gasteiger partial charge in [-0.25, -0.2) is 0 Å². The summed E-state index contributed by atoms with van der Waals surface area (Å²) >= 11 is 0. The van der Waals surface area contributed by atoms with Crippen molar-refractivity contribution >= 4 is 5.91 Å². The fraction of sp³-hybridized carbons (Fsp3) is 0.500. The molecule has 1 aromatic carbocycles. The number of hydrogen-bond donors (Lipinski definition) is 1. The van der Waals surface area contributed by atoms with Crippen molar-refractivity contribution in [2.45, 2.75) is 6.54 Å². The van der Waals surface area contributed by atoms with E-state index in [1.807, 2.05) is 43.3 Å². The van der Waals surface area contributed by atoms with Crippen molar-refractivity contribution in [1.29, 1.82) is 0 Å². The minimum absolute atomic E-state index is 0.0234. The van der Waals surface area contributed by atoms with Crippen LogP contribution in [0.3, 0.4) is 0 Å². The molecule has 0 aliphatic carbocycles. The molecule has 0 aliphatic heterocycles. The van der Waals surface area contributed by atoms with Crippen molar-refractivity contribution in [2.24, 2.45) is 5.73 Å². The zero-order chi connectivity index (χ0) is 14.3. The molecule has 0 heterocycles. The van der Waals surface area contributed by atoms with Crippen molar-refractivity contribution in [3.63, 3.8) is 0 Å². The molecule has 0 atom stereocenters. The lowest BCUT2D eigenvalue weighted by Crippen LogP contribution is -2.36. The van der Waals surface area contributed by atoms with Gasteiger partial charge in [0.25, 0.3) is 5.91 Å². The van der Waals surface area contributed by atoms with Gasteiger partial charge in [-0.05, 0) is 31.8 Å². The van der Waals surface area contributed by atoms with E-state index in [1.54, 1.807) is 11.9 Å². The summed E-state index contributed by atoms with van der Waals surface area (Å²) in [4.78, 5) is 15.5. The maximum absolute atomic E-state index is 11.8. The molecule has 106 valence electrons. The lowest BCUT2D eigenvalue weighted by Gasteiger charge is -2.19. The predicted molar refractivity (Wildman–Crippen MR) is 76.0 cm³/mol. The number of nitrogens with zero attached hydrogens (tertiary/aromatic N) is 2. The van der Waals surface area contributed by atoms with E-state index < -0.39 is 0 Å². The quantitative estimate of drug-likeness (QED) is 0.782. The summed E-state index contributed by atoms with van der Waals surface area (Å²) in [6, 6.07) is 7.45. The molecule has 1 aromatic rings. The van der Waals surface area contributed by atoms with Crippen LogP contribution in [0.25, 0.3) is 0 Å². The second-order valence-electron chi connectivity index (χ2n) is 4.76. The first kappa shape index (κ1) is 15.5. The highest BCUT2D eigenvalue weighted by Gasteiger charge is 2.09. The summed E-state index contributed by atoms with van der Waals surface area (Å²) in [6.07, 6.45) is 0. The maximum atomic E-state index is 11.8. The molecule has 19 heavy (non-hydrogen) atoms. The molecule has 0 saturated heterocycles. The molecule has 0 spiro atoms. The monoisotopic (exact) mass is 265 g/mol. The number of carbonyl (C=O) groups excluding carboxylic acids is 1. The lowest BCUT2D eigenvalue weighted by molar-refractivity contribution is -0.132. The van der Waals surface area contributed by atoms with Gasteiger partial charge in [0.2, 0.25) is 0 Å². The van der Waals surface area contributed by atoms with E-state index in [0.717, 1.165) is 12.1 Å². The van der Waals surface area contributed by atoms with Gasteiger partial charge in [0.15, 0.2) is 6.61 Å². The van der Waals surface area contributed by atoms with Gasteiger partial charge in [-0.15, -0.1) is 0 Å². The third-order valence-electron chi connectivity index (χ3n) is 2.83. The molecule has 0 aliphatic rings. The Labute approximate surface area is 114 Å². The van der Waals surface area contributed by atoms with E-state index in [0.29, 0.717) is 18.8 Å². The molecule has 0 radical (unpaired) electrons. The van der Waals surface area contributed by atoms with Crippen LogP contribution in [0.1, 0.15) is 5.56 Å². The molecule has 0 fully saturated rings. The Morgan fingerprint density at radius 3 is 2.32 bits per heavy atom. The van der Waals surface area contributed by atoms with Gasteiger partial charge >= 0.3 is 0 Å². The molecule has 5 heteroatoms. The molecule has 0 bridgehead atoms. The minimum Gasteiger partial charge on any atom is -0.484 e. The topological polar surface area (TPSA) is 58.8 Å². The van der Waals surface area contributed by atoms with Gasteiger partial charge in [-0.3, -0.25) is 4.79 Å². The van der Waals surface area contributed by atoms with E-state index in [1.165, 1.54) is 0 Å². The summed E-state index contributed by atoms with van der Waals surface area (Å²) in [5, 5.41) is 0. The average Bonchev–Trinajstić information content (AvgIpc) is 2.42. The standard InChI is InChI=1S/C14H23N3O2/c1-16(2)8-9-17(3)14(18)11-19-13-6-4-12(10-15)5-7-13/h4-7H,8-11,15H2,1-3H3. The number of nitrogens with two attached hydrogens (primary N) is 1. The Bertz CT molecular complexity index is 390. The zero-order valence-corrected chi connectivity index (χ0v) is 11.9. The number of amides is 1. The Hall–Kier alpha value is -1.59. The van der Waals surface area contributed by atoms with E-state index in [-0.39, 0.29) is 12.5 Å². The van der Waals surface area contributed by atoms with Crippen LogP contribution in [-0.4, -0.2) is 56.5 Å². The van der Waals surface area contributed by atoms with E-state index in [2.05, 4.69) is 0 Å². The number of benzene rings is 1. The highest BCUT2D eigenvalue weighted by molar-refractivity contribution is 5.77. The SMILES string of the molecule is CN(C)CCN(C)C(=O)COc1ccc(CN)cc1. The summed E-state index contributed by atoms with van der Waals surface area (Å²) in [5.41, 5.74) is 6.56. The normalized spacial score (nSPS) is 10.6. The third-order valence-corrected chi connectivity index (χ3v) is 2.83. The van der Waals surface area contributed by atoms with Crippen molar-refractivity contribution < 1.29 is 9.53 Å². The first-order valence-corrected chi connectivity index (χ1v) is 6.33. The molecule has 2 N–H and O–H groups in total. The first-order chi connectivity index (χ1) is 9.02. The van der Waals surface area contributed by atoms with Gasteiger partial charge < -0.3 is 20.3 Å². The molecule has 0 unspecified atom stereocenters. The van der Waals surface area contributed by atoms with E-state index in [9.17, 15) is 4.79 Å². The Kier molecular flexibility index (Phi) is 6.32. The summed E-state index contributed by atoms with van der Waals surface area (Å²) < 4.78 is 5.45. The van der Waals surface area contributed by atoms with Gasteiger partial charge in [-0.2, -0.15) is 0 Å². The summed E-state index contributed by atoms with van der Waals surface area (Å²) in [6.45, 7) is 2.10. The summed E-state index contributed by atoms with van der Waals surface area (Å²) in [7, 11) is 5.74. The van der Waals surface area contributed by atoms with Crippen LogP contribution >= 0.6 is 0 Å². The predicted octanol–water partition coefficient (Wildman–Crippen LogP) is 0.544. The van der Waals surface area contributed by atoms with Gasteiger partial charge in [0.1, 0.15) is 5.75 Å². The number of rotatable bonds is 7. The largest absolute Gasteiger partial charge is 0.484 e. The van der Waals surface area contributed by atoms with Crippen LogP contribution in [0.5, 0.6) is 5.75 Å². The molecule has 5 nitrogen and oxygen atoms in total. The first-order valence-electron chi connectivity index (χ1n) is 6.33. The average molecular weight is 265 g/mol. The van der Waals surface area contributed by atoms with Crippen molar-refractivity contribution in [1.82, 2.24) is 9.80 Å². The van der Waals surface area contributed by atoms with E-state index >= 15 is 0 Å². The van der Waals surface area contributed by atoms with Gasteiger partial charge in [0.05, 0.1) is 0 Å². The van der Waals surface area contributed by atoms with Crippen molar-refractivity contribution in [2.75, 3.05) is 40.8 Å². The molecule has 1 rings (SSSR count). The van der Waals surface area contributed by atoms with Crippen LogP contribution in [0.2, 0.25) is 0 Å². The number of likely N-dealkylation sites (N-methyl/N-ethyl adjacent to an activating group) is 2. The van der Waals surface area contributed by atoms with Crippen molar-refractivity contribution in [3.8, 4) is 5.75 Å². The van der Waals surface area contributed by atoms with Crippen LogP contribution < -0.4 is 10.5 Å². The summed E-state index contributed by atoms with van der Waals surface area (Å²) in [5.74, 6) is 0.663. The van der Waals surface area contributed by atoms with Crippen LogP contribution in [0, 0.1) is 0 Å². The Morgan fingerprint density at radius 2 is 1.79 bits per heavy atom. The fourth-order valence-electron chi connectivity index (χ4n) is 1.45. The van der Waals surface area contributed by atoms with Crippen LogP contribution in [0.4, 0.5) is 0 Å². The number of hydrogen-bond acceptors (Lipinski definition) is 4. The lowest BCUT2D eigenvalue weighted by atomic mass is 10.2. The second kappa shape index (κ2) is 7.76. The Balaban J connectivity index is 2.36. The van der Waals surface area contributed by atoms with E-state index in [4.69, 9.17) is 10.5 Å². The Morgan fingerprint density at radius 1 is 1.16 bits per heavy atom. The van der Waals surface area contributed by atoms with Gasteiger partial charge in [-0.1, -0.05) is 12.1 Å². The zero-order valence-electron chi connectivity index (χ0n) is 11.9. The van der Waals surface area contributed by atoms with Crippen LogP contribution in [-0.2, 0) is 11.3 Å². The fourth-order valence-corrected chi connectivity index (χ4v) is 1.45. The smallest absolute Gasteiger partial charge is 0.260 e. The third kappa shape index (κ3) is 5.72. The molecular weight excluding hydrogens is 242 g/mol. The molecule has 0 aromatic heterocycles.